The molecule has 2 heterocycles. The first-order chi connectivity index (χ1) is 11.8. The molecule has 3 rings (SSSR count). The smallest absolute Gasteiger partial charge is 0.259 e. The second-order valence-corrected chi connectivity index (χ2v) is 8.36. The van der Waals surface area contributed by atoms with Crippen molar-refractivity contribution in [2.24, 2.45) is 0 Å². The second-order valence-electron chi connectivity index (χ2n) is 6.06. The van der Waals surface area contributed by atoms with Crippen LogP contribution in [0.4, 0.5) is 11.4 Å². The van der Waals surface area contributed by atoms with Crippen molar-refractivity contribution in [1.29, 1.82) is 0 Å². The minimum Gasteiger partial charge on any atom is -0.369 e. The van der Waals surface area contributed by atoms with Crippen molar-refractivity contribution in [3.8, 4) is 0 Å². The van der Waals surface area contributed by atoms with Crippen molar-refractivity contribution in [1.82, 2.24) is 9.97 Å². The number of hydrogen-bond donors (Lipinski definition) is 1. The highest BCUT2D eigenvalue weighted by Crippen LogP contribution is 2.22. The molecule has 25 heavy (non-hydrogen) atoms. The van der Waals surface area contributed by atoms with Gasteiger partial charge in [0.25, 0.3) is 5.91 Å². The Morgan fingerprint density at radius 3 is 2.60 bits per heavy atom. The van der Waals surface area contributed by atoms with E-state index in [1.807, 2.05) is 23.1 Å². The zero-order valence-corrected chi connectivity index (χ0v) is 15.0. The summed E-state index contributed by atoms with van der Waals surface area (Å²) in [6, 6.07) is 7.40. The van der Waals surface area contributed by atoms with Crippen LogP contribution in [0.5, 0.6) is 0 Å². The number of hydrogen-bond acceptors (Lipinski definition) is 6. The van der Waals surface area contributed by atoms with Gasteiger partial charge in [0.1, 0.15) is 5.82 Å². The summed E-state index contributed by atoms with van der Waals surface area (Å²) < 4.78 is 23.1. The fourth-order valence-corrected chi connectivity index (χ4v) is 3.96. The van der Waals surface area contributed by atoms with Crippen molar-refractivity contribution in [3.05, 3.63) is 47.5 Å². The molecule has 1 amide bonds. The molecule has 0 bridgehead atoms. The Kier molecular flexibility index (Phi) is 4.71. The molecule has 132 valence electrons. The van der Waals surface area contributed by atoms with E-state index in [4.69, 9.17) is 0 Å². The number of benzene rings is 1. The third kappa shape index (κ3) is 4.14. The molecule has 1 fully saturated rings. The quantitative estimate of drug-likeness (QED) is 0.893. The molecule has 0 unspecified atom stereocenters. The van der Waals surface area contributed by atoms with Gasteiger partial charge in [-0.05, 0) is 32.0 Å². The molecule has 1 saturated heterocycles. The molecule has 0 spiro atoms. The molecular weight excluding hydrogens is 340 g/mol. The number of carbonyl (C=O) groups is 1. The SMILES string of the molecule is Cc1ncc(C(=O)Nc2cccc(N3CCS(=O)(=O)CC3)c2)c(C)n1. The summed E-state index contributed by atoms with van der Waals surface area (Å²) in [7, 11) is -2.92. The van der Waals surface area contributed by atoms with Crippen LogP contribution in [0.25, 0.3) is 0 Å². The van der Waals surface area contributed by atoms with Gasteiger partial charge in [-0.25, -0.2) is 18.4 Å². The lowest BCUT2D eigenvalue weighted by Crippen LogP contribution is -2.40. The number of rotatable bonds is 3. The largest absolute Gasteiger partial charge is 0.369 e. The fourth-order valence-electron chi connectivity index (χ4n) is 2.76. The predicted octanol–water partition coefficient (Wildman–Crippen LogP) is 1.58. The predicted molar refractivity (Wildman–Crippen MR) is 96.8 cm³/mol. The molecule has 8 heteroatoms. The van der Waals surface area contributed by atoms with Gasteiger partial charge in [0.15, 0.2) is 9.84 Å². The highest BCUT2D eigenvalue weighted by molar-refractivity contribution is 7.91. The molecule has 1 aliphatic heterocycles. The van der Waals surface area contributed by atoms with Crippen molar-refractivity contribution < 1.29 is 13.2 Å². The zero-order valence-electron chi connectivity index (χ0n) is 14.2. The summed E-state index contributed by atoms with van der Waals surface area (Å²) in [5.74, 6) is 0.666. The van der Waals surface area contributed by atoms with Crippen LogP contribution < -0.4 is 10.2 Å². The number of nitrogens with one attached hydrogen (secondary N) is 1. The van der Waals surface area contributed by atoms with E-state index in [2.05, 4.69) is 15.3 Å². The standard InChI is InChI=1S/C17H20N4O3S/c1-12-16(11-18-13(2)19-12)17(22)20-14-4-3-5-15(10-14)21-6-8-25(23,24)9-7-21/h3-5,10-11H,6-9H2,1-2H3,(H,20,22). The van der Waals surface area contributed by atoms with Gasteiger partial charge in [-0.3, -0.25) is 4.79 Å². The molecule has 1 N–H and O–H groups in total. The summed E-state index contributed by atoms with van der Waals surface area (Å²) >= 11 is 0. The topological polar surface area (TPSA) is 92.3 Å². The lowest BCUT2D eigenvalue weighted by Gasteiger charge is -2.29. The first-order valence-electron chi connectivity index (χ1n) is 8.01. The molecule has 0 aliphatic carbocycles. The highest BCUT2D eigenvalue weighted by atomic mass is 32.2. The number of aromatic nitrogens is 2. The van der Waals surface area contributed by atoms with Gasteiger partial charge in [-0.15, -0.1) is 0 Å². The summed E-state index contributed by atoms with van der Waals surface area (Å²) in [6.07, 6.45) is 1.52. The van der Waals surface area contributed by atoms with Crippen LogP contribution in [0.3, 0.4) is 0 Å². The van der Waals surface area contributed by atoms with E-state index in [0.29, 0.717) is 35.9 Å². The molecule has 0 atom stereocenters. The van der Waals surface area contributed by atoms with Crippen LogP contribution in [-0.2, 0) is 9.84 Å². The van der Waals surface area contributed by atoms with Crippen LogP contribution in [0.15, 0.2) is 30.5 Å². The van der Waals surface area contributed by atoms with Gasteiger partial charge in [0, 0.05) is 30.7 Å². The average molecular weight is 360 g/mol. The third-order valence-corrected chi connectivity index (χ3v) is 5.77. The number of carbonyl (C=O) groups excluding carboxylic acids is 1. The van der Waals surface area contributed by atoms with E-state index in [1.54, 1.807) is 19.9 Å². The minimum absolute atomic E-state index is 0.156. The van der Waals surface area contributed by atoms with Crippen molar-refractivity contribution in [3.63, 3.8) is 0 Å². The number of anilines is 2. The maximum Gasteiger partial charge on any atom is 0.259 e. The first kappa shape index (κ1) is 17.3. The minimum atomic E-state index is -2.92. The number of sulfone groups is 1. The second kappa shape index (κ2) is 6.79. The normalized spacial score (nSPS) is 16.5. The zero-order chi connectivity index (χ0) is 18.0. The molecule has 2 aromatic rings. The van der Waals surface area contributed by atoms with Crippen molar-refractivity contribution >= 4 is 27.1 Å². The van der Waals surface area contributed by atoms with Crippen molar-refractivity contribution in [2.45, 2.75) is 13.8 Å². The van der Waals surface area contributed by atoms with Crippen LogP contribution in [0.2, 0.25) is 0 Å². The van der Waals surface area contributed by atoms with Crippen molar-refractivity contribution in [2.75, 3.05) is 34.8 Å². The van der Waals surface area contributed by atoms with E-state index < -0.39 is 9.84 Å². The number of nitrogens with zero attached hydrogens (tertiary/aromatic N) is 3. The van der Waals surface area contributed by atoms with Gasteiger partial charge < -0.3 is 10.2 Å². The molecule has 0 saturated carbocycles. The number of amides is 1. The van der Waals surface area contributed by atoms with Gasteiger partial charge in [-0.2, -0.15) is 0 Å². The Bertz CT molecular complexity index is 898. The van der Waals surface area contributed by atoms with E-state index in [0.717, 1.165) is 5.69 Å². The Morgan fingerprint density at radius 2 is 1.92 bits per heavy atom. The Balaban J connectivity index is 1.74. The Morgan fingerprint density at radius 1 is 1.20 bits per heavy atom. The fraction of sp³-hybridized carbons (Fsp3) is 0.353. The van der Waals surface area contributed by atoms with Gasteiger partial charge in [0.2, 0.25) is 0 Å². The van der Waals surface area contributed by atoms with Crippen LogP contribution in [-0.4, -0.2) is 48.9 Å². The lowest BCUT2D eigenvalue weighted by atomic mass is 10.2. The van der Waals surface area contributed by atoms with Gasteiger partial charge in [0.05, 0.1) is 22.8 Å². The highest BCUT2D eigenvalue weighted by Gasteiger charge is 2.22. The monoisotopic (exact) mass is 360 g/mol. The first-order valence-corrected chi connectivity index (χ1v) is 9.83. The molecule has 1 aromatic carbocycles. The van der Waals surface area contributed by atoms with E-state index in [1.165, 1.54) is 6.20 Å². The van der Waals surface area contributed by atoms with E-state index in [9.17, 15) is 13.2 Å². The summed E-state index contributed by atoms with van der Waals surface area (Å²) in [4.78, 5) is 22.7. The maximum absolute atomic E-state index is 12.4. The third-order valence-electron chi connectivity index (χ3n) is 4.16. The summed E-state index contributed by atoms with van der Waals surface area (Å²) in [5, 5.41) is 2.85. The molecule has 1 aliphatic rings. The van der Waals surface area contributed by atoms with E-state index in [-0.39, 0.29) is 17.4 Å². The summed E-state index contributed by atoms with van der Waals surface area (Å²) in [6.45, 7) is 4.47. The molecular formula is C17H20N4O3S. The van der Waals surface area contributed by atoms with Gasteiger partial charge >= 0.3 is 0 Å². The maximum atomic E-state index is 12.4. The molecule has 7 nitrogen and oxygen atoms in total. The molecule has 0 radical (unpaired) electrons. The Hall–Kier alpha value is -2.48. The van der Waals surface area contributed by atoms with Crippen LogP contribution in [0, 0.1) is 13.8 Å². The van der Waals surface area contributed by atoms with Crippen LogP contribution in [0.1, 0.15) is 21.9 Å². The summed E-state index contributed by atoms with van der Waals surface area (Å²) in [5.41, 5.74) is 2.60. The Labute approximate surface area is 147 Å². The van der Waals surface area contributed by atoms with Gasteiger partial charge in [-0.1, -0.05) is 6.07 Å². The van der Waals surface area contributed by atoms with E-state index >= 15 is 0 Å². The molecule has 1 aromatic heterocycles. The lowest BCUT2D eigenvalue weighted by molar-refractivity contribution is 0.102. The average Bonchev–Trinajstić information content (AvgIpc) is 2.55. The number of aryl methyl sites for hydroxylation is 2. The van der Waals surface area contributed by atoms with Crippen LogP contribution >= 0.6 is 0 Å².